The Kier molecular flexibility index (Phi) is 15.1. The van der Waals surface area contributed by atoms with E-state index in [0.29, 0.717) is 6.10 Å². The Morgan fingerprint density at radius 3 is 1.85 bits per heavy atom. The molecule has 0 amide bonds. The highest BCUT2D eigenvalue weighted by atomic mass is 19.4. The van der Waals surface area contributed by atoms with E-state index in [1.807, 2.05) is 36.8 Å². The fourth-order valence-corrected chi connectivity index (χ4v) is 4.29. The molecular formula is C26H29F9N4O7. The van der Waals surface area contributed by atoms with Crippen LogP contribution >= 0.6 is 0 Å². The van der Waals surface area contributed by atoms with Crippen molar-refractivity contribution in [2.75, 3.05) is 31.6 Å². The molecule has 11 nitrogen and oxygen atoms in total. The first-order valence-electron chi connectivity index (χ1n) is 13.0. The van der Waals surface area contributed by atoms with Crippen molar-refractivity contribution in [2.45, 2.75) is 50.4 Å². The van der Waals surface area contributed by atoms with Crippen LogP contribution in [0.3, 0.4) is 0 Å². The lowest BCUT2D eigenvalue weighted by Gasteiger charge is -2.44. The van der Waals surface area contributed by atoms with E-state index in [0.717, 1.165) is 57.9 Å². The third kappa shape index (κ3) is 14.7. The van der Waals surface area contributed by atoms with Crippen LogP contribution < -0.4 is 5.32 Å². The molecule has 2 fully saturated rings. The SMILES string of the molecule is O=C(O)C(F)(F)F.O=C(O)C(F)(F)F.O=C(O)C(F)(F)F.c1ccc(NCC[C@@]23CCO[C@@H]2CCN(Cc2ccncc2)C3)nc1. The molecule has 0 aliphatic carbocycles. The molecule has 258 valence electrons. The molecule has 2 aromatic rings. The van der Waals surface area contributed by atoms with Crippen molar-refractivity contribution < 1.29 is 74.0 Å². The smallest absolute Gasteiger partial charge is 0.475 e. The molecular weight excluding hydrogens is 651 g/mol. The summed E-state index contributed by atoms with van der Waals surface area (Å²) < 4.78 is 101. The van der Waals surface area contributed by atoms with Gasteiger partial charge in [0.15, 0.2) is 0 Å². The van der Waals surface area contributed by atoms with E-state index in [9.17, 15) is 39.5 Å². The zero-order valence-corrected chi connectivity index (χ0v) is 23.6. The second-order valence-corrected chi connectivity index (χ2v) is 9.63. The first-order chi connectivity index (χ1) is 21.2. The average molecular weight is 681 g/mol. The number of piperidine rings is 1. The number of ether oxygens (including phenoxy) is 1. The number of nitrogens with one attached hydrogen (secondary N) is 1. The summed E-state index contributed by atoms with van der Waals surface area (Å²) >= 11 is 0. The van der Waals surface area contributed by atoms with Crippen LogP contribution in [0, 0.1) is 5.41 Å². The van der Waals surface area contributed by atoms with Gasteiger partial charge in [0.05, 0.1) is 6.10 Å². The Balaban J connectivity index is 0.000000413. The topological polar surface area (TPSA) is 162 Å². The van der Waals surface area contributed by atoms with Gasteiger partial charge < -0.3 is 25.4 Å². The molecule has 0 aromatic carbocycles. The maximum absolute atomic E-state index is 10.6. The van der Waals surface area contributed by atoms with E-state index in [1.54, 1.807) is 0 Å². The van der Waals surface area contributed by atoms with Crippen LogP contribution in [0.5, 0.6) is 0 Å². The molecule has 0 saturated carbocycles. The van der Waals surface area contributed by atoms with E-state index >= 15 is 0 Å². The molecule has 4 rings (SSSR count). The zero-order chi connectivity index (χ0) is 35.2. The molecule has 2 aromatic heterocycles. The standard InChI is InChI=1S/C20H26N4O.3C2HF3O2/c1-2-9-22-19(3-1)23-12-7-20-8-14-25-18(20)6-13-24(16-20)15-17-4-10-21-11-5-17;3*3-2(4,5)1(6)7/h1-5,9-11,18H,6-8,12-16H2,(H,22,23);3*(H,6,7)/t18-,20+;;;/m1.../s1. The first kappa shape index (κ1) is 39.8. The van der Waals surface area contributed by atoms with Gasteiger partial charge >= 0.3 is 36.4 Å². The molecule has 0 unspecified atom stereocenters. The molecule has 2 aliphatic heterocycles. The van der Waals surface area contributed by atoms with Crippen molar-refractivity contribution in [3.8, 4) is 0 Å². The van der Waals surface area contributed by atoms with Crippen molar-refractivity contribution >= 4 is 23.7 Å². The van der Waals surface area contributed by atoms with E-state index < -0.39 is 36.4 Å². The van der Waals surface area contributed by atoms with Crippen LogP contribution in [0.15, 0.2) is 48.9 Å². The van der Waals surface area contributed by atoms with E-state index in [2.05, 4.69) is 32.3 Å². The van der Waals surface area contributed by atoms with Gasteiger partial charge in [-0.15, -0.1) is 0 Å². The number of pyridine rings is 2. The second kappa shape index (κ2) is 17.5. The lowest BCUT2D eigenvalue weighted by molar-refractivity contribution is -0.193. The fourth-order valence-electron chi connectivity index (χ4n) is 4.29. The van der Waals surface area contributed by atoms with Crippen LogP contribution in [0.2, 0.25) is 0 Å². The highest BCUT2D eigenvalue weighted by Crippen LogP contribution is 2.43. The Hall–Kier alpha value is -4.20. The molecule has 0 spiro atoms. The fraction of sp³-hybridized carbons (Fsp3) is 0.500. The zero-order valence-electron chi connectivity index (χ0n) is 23.6. The number of fused-ring (bicyclic) bond motifs is 1. The summed E-state index contributed by atoms with van der Waals surface area (Å²) in [6.07, 6.45) is -5.82. The van der Waals surface area contributed by atoms with Gasteiger partial charge in [-0.2, -0.15) is 39.5 Å². The van der Waals surface area contributed by atoms with Crippen LogP contribution in [-0.2, 0) is 25.7 Å². The maximum atomic E-state index is 10.6. The minimum Gasteiger partial charge on any atom is -0.475 e. The lowest BCUT2D eigenvalue weighted by Crippen LogP contribution is -2.49. The molecule has 2 saturated heterocycles. The number of anilines is 1. The summed E-state index contributed by atoms with van der Waals surface area (Å²) in [5.74, 6) is -7.31. The maximum Gasteiger partial charge on any atom is 0.490 e. The summed E-state index contributed by atoms with van der Waals surface area (Å²) in [6.45, 7) is 5.08. The van der Waals surface area contributed by atoms with Crippen LogP contribution in [-0.4, -0.2) is 99.0 Å². The predicted molar refractivity (Wildman–Crippen MR) is 139 cm³/mol. The number of hydrogen-bond acceptors (Lipinski definition) is 8. The van der Waals surface area contributed by atoms with Crippen LogP contribution in [0.25, 0.3) is 0 Å². The Morgan fingerprint density at radius 1 is 0.870 bits per heavy atom. The van der Waals surface area contributed by atoms with Gasteiger partial charge in [0.1, 0.15) is 5.82 Å². The van der Waals surface area contributed by atoms with Crippen LogP contribution in [0.4, 0.5) is 45.3 Å². The Morgan fingerprint density at radius 2 is 1.39 bits per heavy atom. The van der Waals surface area contributed by atoms with E-state index in [-0.39, 0.29) is 5.41 Å². The molecule has 2 atom stereocenters. The molecule has 0 radical (unpaired) electrons. The lowest BCUT2D eigenvalue weighted by atomic mass is 9.74. The van der Waals surface area contributed by atoms with E-state index in [4.69, 9.17) is 34.4 Å². The highest BCUT2D eigenvalue weighted by molar-refractivity contribution is 5.73. The molecule has 20 heteroatoms. The number of alkyl halides is 9. The van der Waals surface area contributed by atoms with E-state index in [1.165, 1.54) is 5.56 Å². The van der Waals surface area contributed by atoms with Crippen molar-refractivity contribution in [1.29, 1.82) is 0 Å². The number of likely N-dealkylation sites (tertiary alicyclic amines) is 1. The molecule has 46 heavy (non-hydrogen) atoms. The highest BCUT2D eigenvalue weighted by Gasteiger charge is 2.47. The van der Waals surface area contributed by atoms with Gasteiger partial charge in [0.25, 0.3) is 0 Å². The first-order valence-corrected chi connectivity index (χ1v) is 13.0. The molecule has 0 bridgehead atoms. The van der Waals surface area contributed by atoms with Gasteiger partial charge in [0.2, 0.25) is 0 Å². The number of carboxylic acid groups (broad SMARTS) is 3. The van der Waals surface area contributed by atoms with Crippen molar-refractivity contribution in [3.05, 3.63) is 54.5 Å². The number of halogens is 9. The quantitative estimate of drug-likeness (QED) is 0.309. The monoisotopic (exact) mass is 680 g/mol. The average Bonchev–Trinajstić information content (AvgIpc) is 3.37. The normalized spacial score (nSPS) is 19.5. The van der Waals surface area contributed by atoms with Gasteiger partial charge in [-0.1, -0.05) is 6.07 Å². The number of aromatic nitrogens is 2. The molecule has 4 N–H and O–H groups in total. The number of aliphatic carboxylic acids is 3. The number of carbonyl (C=O) groups is 3. The summed E-state index contributed by atoms with van der Waals surface area (Å²) in [4.78, 5) is 37.8. The number of rotatable bonds is 6. The van der Waals surface area contributed by atoms with Crippen LogP contribution in [0.1, 0.15) is 24.8 Å². The van der Waals surface area contributed by atoms with Crippen molar-refractivity contribution in [3.63, 3.8) is 0 Å². The van der Waals surface area contributed by atoms with Gasteiger partial charge in [0, 0.05) is 56.8 Å². The third-order valence-electron chi connectivity index (χ3n) is 6.32. The van der Waals surface area contributed by atoms with Gasteiger partial charge in [-0.3, -0.25) is 9.88 Å². The summed E-state index contributed by atoms with van der Waals surface area (Å²) in [5, 5.41) is 24.8. The van der Waals surface area contributed by atoms with Gasteiger partial charge in [-0.05, 0) is 49.1 Å². The summed E-state index contributed by atoms with van der Waals surface area (Å²) in [5.41, 5.74) is 1.61. The van der Waals surface area contributed by atoms with Crippen molar-refractivity contribution in [2.24, 2.45) is 5.41 Å². The predicted octanol–water partition coefficient (Wildman–Crippen LogP) is 4.86. The number of carboxylic acids is 3. The largest absolute Gasteiger partial charge is 0.490 e. The third-order valence-corrected chi connectivity index (χ3v) is 6.32. The second-order valence-electron chi connectivity index (χ2n) is 9.63. The molecule has 2 aliphatic rings. The Bertz CT molecular complexity index is 1180. The molecule has 4 heterocycles. The number of hydrogen-bond donors (Lipinski definition) is 4. The summed E-state index contributed by atoms with van der Waals surface area (Å²) in [6, 6.07) is 10.2. The summed E-state index contributed by atoms with van der Waals surface area (Å²) in [7, 11) is 0. The number of nitrogens with zero attached hydrogens (tertiary/aromatic N) is 3. The minimum atomic E-state index is -5.08. The van der Waals surface area contributed by atoms with Gasteiger partial charge in [-0.25, -0.2) is 19.4 Å². The Labute approximate surface area is 255 Å². The van der Waals surface area contributed by atoms with Crippen molar-refractivity contribution in [1.82, 2.24) is 14.9 Å². The minimum absolute atomic E-state index is 0.271.